The first-order valence-corrected chi connectivity index (χ1v) is 7.48. The number of benzene rings is 1. The van der Waals surface area contributed by atoms with Gasteiger partial charge in [0.15, 0.2) is 0 Å². The lowest BCUT2D eigenvalue weighted by Gasteiger charge is -2.39. The zero-order chi connectivity index (χ0) is 15.0. The summed E-state index contributed by atoms with van der Waals surface area (Å²) in [5, 5.41) is 0. The zero-order valence-corrected chi connectivity index (χ0v) is 12.6. The van der Waals surface area contributed by atoms with Crippen LogP contribution in [0.25, 0.3) is 0 Å². The average molecular weight is 290 g/mol. The first-order valence-electron chi connectivity index (χ1n) is 7.48. The molecule has 0 bridgehead atoms. The molecule has 2 fully saturated rings. The number of morpholine rings is 1. The summed E-state index contributed by atoms with van der Waals surface area (Å²) in [6, 6.07) is 4.32. The number of rotatable bonds is 2. The number of nitrogens with zero attached hydrogens (tertiary/aromatic N) is 1. The second-order valence-electron chi connectivity index (χ2n) is 5.82. The summed E-state index contributed by atoms with van der Waals surface area (Å²) in [6.07, 6.45) is 3.78. The van der Waals surface area contributed by atoms with Crippen LogP contribution in [0.2, 0.25) is 0 Å². The molecule has 1 aromatic rings. The lowest BCUT2D eigenvalue weighted by Crippen LogP contribution is -2.48. The molecule has 1 aromatic carbocycles. The second-order valence-corrected chi connectivity index (χ2v) is 5.82. The van der Waals surface area contributed by atoms with Crippen molar-refractivity contribution in [1.82, 2.24) is 0 Å². The fourth-order valence-corrected chi connectivity index (χ4v) is 3.47. The number of nitrogen functional groups attached to an aromatic ring is 1. The largest absolute Gasteiger partial charge is 0.465 e. The summed E-state index contributed by atoms with van der Waals surface area (Å²) in [4.78, 5) is 14.3. The first kappa shape index (κ1) is 14.2. The van der Waals surface area contributed by atoms with Gasteiger partial charge in [-0.2, -0.15) is 0 Å². The number of fused-ring (bicyclic) bond motifs is 1. The molecule has 1 saturated carbocycles. The molecule has 21 heavy (non-hydrogen) atoms. The third-order valence-electron chi connectivity index (χ3n) is 4.59. The fraction of sp³-hybridized carbons (Fsp3) is 0.562. The fourth-order valence-electron chi connectivity index (χ4n) is 3.47. The monoisotopic (exact) mass is 290 g/mol. The zero-order valence-electron chi connectivity index (χ0n) is 12.6. The Morgan fingerprint density at radius 3 is 3.00 bits per heavy atom. The number of methoxy groups -OCH3 is 1. The van der Waals surface area contributed by atoms with E-state index in [-0.39, 0.29) is 5.97 Å². The predicted octanol–water partition coefficient (Wildman–Crippen LogP) is 2.12. The molecule has 2 N–H and O–H groups in total. The van der Waals surface area contributed by atoms with E-state index < -0.39 is 0 Å². The van der Waals surface area contributed by atoms with Crippen molar-refractivity contribution >= 4 is 17.3 Å². The van der Waals surface area contributed by atoms with E-state index in [1.807, 2.05) is 13.0 Å². The van der Waals surface area contributed by atoms with Gasteiger partial charge in [-0.25, -0.2) is 4.79 Å². The van der Waals surface area contributed by atoms with Crippen LogP contribution >= 0.6 is 0 Å². The van der Waals surface area contributed by atoms with Crippen molar-refractivity contribution in [2.75, 3.05) is 30.9 Å². The molecular weight excluding hydrogens is 268 g/mol. The van der Waals surface area contributed by atoms with Gasteiger partial charge in [0, 0.05) is 17.9 Å². The lowest BCUT2D eigenvalue weighted by molar-refractivity contribution is 0.0256. The second kappa shape index (κ2) is 5.56. The van der Waals surface area contributed by atoms with Crippen molar-refractivity contribution in [2.45, 2.75) is 38.3 Å². The Balaban J connectivity index is 1.98. The molecule has 0 spiro atoms. The highest BCUT2D eigenvalue weighted by Crippen LogP contribution is 2.35. The number of anilines is 2. The van der Waals surface area contributed by atoms with Gasteiger partial charge in [-0.3, -0.25) is 0 Å². The standard InChI is InChI=1S/C16H22N2O3/c1-10-8-11(9-12(15(10)17)16(19)20-2)18-6-7-21-14-5-3-4-13(14)18/h8-9,13-14H,3-7,17H2,1-2H3. The first-order chi connectivity index (χ1) is 10.1. The smallest absolute Gasteiger partial charge is 0.340 e. The summed E-state index contributed by atoms with van der Waals surface area (Å²) in [5.74, 6) is -0.381. The number of nitrogens with two attached hydrogens (primary N) is 1. The van der Waals surface area contributed by atoms with Crippen molar-refractivity contribution in [2.24, 2.45) is 0 Å². The van der Waals surface area contributed by atoms with Crippen LogP contribution in [0.1, 0.15) is 35.2 Å². The summed E-state index contributed by atoms with van der Waals surface area (Å²) in [6.45, 7) is 3.52. The predicted molar refractivity (Wildman–Crippen MR) is 81.7 cm³/mol. The van der Waals surface area contributed by atoms with Gasteiger partial charge < -0.3 is 20.1 Å². The lowest BCUT2D eigenvalue weighted by atomic mass is 10.0. The van der Waals surface area contributed by atoms with Crippen LogP contribution in [0.5, 0.6) is 0 Å². The Morgan fingerprint density at radius 1 is 1.43 bits per heavy atom. The van der Waals surface area contributed by atoms with Crippen LogP contribution in [0.3, 0.4) is 0 Å². The Labute approximate surface area is 125 Å². The van der Waals surface area contributed by atoms with E-state index in [1.165, 1.54) is 13.5 Å². The minimum absolute atomic E-state index is 0.318. The minimum atomic E-state index is -0.381. The Hall–Kier alpha value is -1.75. The highest BCUT2D eigenvalue weighted by molar-refractivity contribution is 5.97. The number of esters is 1. The Kier molecular flexibility index (Phi) is 3.76. The maximum atomic E-state index is 11.9. The highest BCUT2D eigenvalue weighted by atomic mass is 16.5. The van der Waals surface area contributed by atoms with Gasteiger partial charge in [0.1, 0.15) is 0 Å². The van der Waals surface area contributed by atoms with E-state index in [4.69, 9.17) is 15.2 Å². The van der Waals surface area contributed by atoms with Gasteiger partial charge >= 0.3 is 5.97 Å². The molecule has 2 atom stereocenters. The van der Waals surface area contributed by atoms with Crippen LogP contribution < -0.4 is 10.6 Å². The van der Waals surface area contributed by atoms with Crippen molar-refractivity contribution in [3.05, 3.63) is 23.3 Å². The molecule has 5 heteroatoms. The average Bonchev–Trinajstić information content (AvgIpc) is 2.97. The molecule has 2 unspecified atom stereocenters. The normalized spacial score (nSPS) is 24.8. The van der Waals surface area contributed by atoms with Gasteiger partial charge in [0.25, 0.3) is 0 Å². The van der Waals surface area contributed by atoms with Crippen molar-refractivity contribution in [3.63, 3.8) is 0 Å². The number of hydrogen-bond acceptors (Lipinski definition) is 5. The minimum Gasteiger partial charge on any atom is -0.465 e. The summed E-state index contributed by atoms with van der Waals surface area (Å²) >= 11 is 0. The molecule has 0 radical (unpaired) electrons. The van der Waals surface area contributed by atoms with Crippen LogP contribution in [-0.2, 0) is 9.47 Å². The summed E-state index contributed by atoms with van der Waals surface area (Å²) in [5.41, 5.74) is 8.93. The van der Waals surface area contributed by atoms with E-state index in [0.29, 0.717) is 23.4 Å². The van der Waals surface area contributed by atoms with E-state index >= 15 is 0 Å². The van der Waals surface area contributed by atoms with Gasteiger partial charge in [0.2, 0.25) is 0 Å². The van der Waals surface area contributed by atoms with Crippen LogP contribution in [0, 0.1) is 6.92 Å². The number of ether oxygens (including phenoxy) is 2. The van der Waals surface area contributed by atoms with Gasteiger partial charge in [0.05, 0.1) is 31.4 Å². The molecule has 1 aliphatic heterocycles. The molecule has 114 valence electrons. The molecule has 3 rings (SSSR count). The van der Waals surface area contributed by atoms with Gasteiger partial charge in [-0.15, -0.1) is 0 Å². The van der Waals surface area contributed by atoms with E-state index in [0.717, 1.165) is 37.2 Å². The highest BCUT2D eigenvalue weighted by Gasteiger charge is 2.36. The molecule has 0 amide bonds. The maximum Gasteiger partial charge on any atom is 0.340 e. The van der Waals surface area contributed by atoms with Crippen LogP contribution in [0.4, 0.5) is 11.4 Å². The number of hydrogen-bond donors (Lipinski definition) is 1. The third kappa shape index (κ3) is 2.46. The summed E-state index contributed by atoms with van der Waals surface area (Å²) in [7, 11) is 1.38. The van der Waals surface area contributed by atoms with Crippen molar-refractivity contribution < 1.29 is 14.3 Å². The molecule has 1 aliphatic carbocycles. The van der Waals surface area contributed by atoms with E-state index in [2.05, 4.69) is 11.0 Å². The number of carbonyl (C=O) groups is 1. The topological polar surface area (TPSA) is 64.8 Å². The third-order valence-corrected chi connectivity index (χ3v) is 4.59. The number of carbonyl (C=O) groups excluding carboxylic acids is 1. The van der Waals surface area contributed by atoms with Crippen LogP contribution in [0.15, 0.2) is 12.1 Å². The molecular formula is C16H22N2O3. The molecule has 5 nitrogen and oxygen atoms in total. The summed E-state index contributed by atoms with van der Waals surface area (Å²) < 4.78 is 10.7. The van der Waals surface area contributed by atoms with Gasteiger partial charge in [-0.1, -0.05) is 0 Å². The maximum absolute atomic E-state index is 11.9. The van der Waals surface area contributed by atoms with Gasteiger partial charge in [-0.05, 0) is 43.9 Å². The van der Waals surface area contributed by atoms with E-state index in [9.17, 15) is 4.79 Å². The Morgan fingerprint density at radius 2 is 2.24 bits per heavy atom. The SMILES string of the molecule is COC(=O)c1cc(N2CCOC3CCCC32)cc(C)c1N. The van der Waals surface area contributed by atoms with Crippen molar-refractivity contribution in [1.29, 1.82) is 0 Å². The molecule has 0 aromatic heterocycles. The Bertz CT molecular complexity index is 559. The van der Waals surface area contributed by atoms with E-state index in [1.54, 1.807) is 0 Å². The molecule has 2 aliphatic rings. The molecule has 1 saturated heterocycles. The molecule has 1 heterocycles. The quantitative estimate of drug-likeness (QED) is 0.667. The van der Waals surface area contributed by atoms with Crippen molar-refractivity contribution in [3.8, 4) is 0 Å². The van der Waals surface area contributed by atoms with Crippen LogP contribution in [-0.4, -0.2) is 38.4 Å². The number of aryl methyl sites for hydroxylation is 1.